The van der Waals surface area contributed by atoms with Crippen molar-refractivity contribution in [2.45, 2.75) is 119 Å². The minimum absolute atomic E-state index is 0.0259. The summed E-state index contributed by atoms with van der Waals surface area (Å²) in [5.41, 5.74) is 2.54. The van der Waals surface area contributed by atoms with Gasteiger partial charge in [-0.2, -0.15) is 13.2 Å². The molecule has 1 fully saturated rings. The molecule has 1 aromatic rings. The number of aromatic nitrogens is 1. The Morgan fingerprint density at radius 2 is 1.69 bits per heavy atom. The fraction of sp³-hybridized carbons (Fsp3) is 0.633. The summed E-state index contributed by atoms with van der Waals surface area (Å²) in [4.78, 5) is 14.2. The molecule has 0 amide bonds. The molecule has 0 saturated heterocycles. The van der Waals surface area contributed by atoms with Crippen LogP contribution in [0, 0.1) is 6.92 Å². The maximum Gasteiger partial charge on any atom is 0.408 e. The quantitative estimate of drug-likeness (QED) is 0.178. The number of alkyl halides is 3. The molecule has 42 heavy (non-hydrogen) atoms. The Hall–Kier alpha value is -2.54. The van der Waals surface area contributed by atoms with Crippen LogP contribution in [0.3, 0.4) is 0 Å². The molecule has 2 unspecified atom stereocenters. The van der Waals surface area contributed by atoms with Gasteiger partial charge in [-0.25, -0.2) is 9.98 Å². The van der Waals surface area contributed by atoms with E-state index in [1.807, 2.05) is 72.8 Å². The SMILES string of the molecule is C/C=C\C=C/c1sc(C2=C(CC)NC(=NCC(F)(F)F)NC(=NC3CCC(O)C3)C2)nc1C.CC.CC.CC(C)(O)O. The van der Waals surface area contributed by atoms with Crippen molar-refractivity contribution in [1.82, 2.24) is 15.6 Å². The highest BCUT2D eigenvalue weighted by molar-refractivity contribution is 7.13. The molecule has 1 aromatic heterocycles. The van der Waals surface area contributed by atoms with Gasteiger partial charge in [0.05, 0.1) is 22.7 Å². The van der Waals surface area contributed by atoms with E-state index in [-0.39, 0.29) is 12.0 Å². The van der Waals surface area contributed by atoms with Crippen LogP contribution in [0.25, 0.3) is 11.6 Å². The Balaban J connectivity index is 0.00000166. The lowest BCUT2D eigenvalue weighted by molar-refractivity contribution is -0.127. The molecule has 0 aromatic carbocycles. The van der Waals surface area contributed by atoms with Crippen molar-refractivity contribution < 1.29 is 28.5 Å². The van der Waals surface area contributed by atoms with Gasteiger partial charge in [0.1, 0.15) is 17.4 Å². The summed E-state index contributed by atoms with van der Waals surface area (Å²) in [5, 5.41) is 32.9. The van der Waals surface area contributed by atoms with Gasteiger partial charge in [0.15, 0.2) is 5.79 Å². The van der Waals surface area contributed by atoms with E-state index in [9.17, 15) is 18.3 Å². The number of aliphatic hydroxyl groups excluding tert-OH is 1. The lowest BCUT2D eigenvalue weighted by Crippen LogP contribution is -2.39. The van der Waals surface area contributed by atoms with Crippen LogP contribution < -0.4 is 10.6 Å². The van der Waals surface area contributed by atoms with Gasteiger partial charge >= 0.3 is 6.18 Å². The van der Waals surface area contributed by atoms with Gasteiger partial charge < -0.3 is 26.0 Å². The molecule has 12 heteroatoms. The zero-order valence-corrected chi connectivity index (χ0v) is 27.2. The van der Waals surface area contributed by atoms with Crippen LogP contribution in [0.2, 0.25) is 0 Å². The molecule has 0 radical (unpaired) electrons. The number of rotatable bonds is 6. The number of hydrogen-bond acceptors (Lipinski definition) is 7. The van der Waals surface area contributed by atoms with Crippen LogP contribution in [0.4, 0.5) is 13.2 Å². The van der Waals surface area contributed by atoms with Gasteiger partial charge in [0.25, 0.3) is 0 Å². The second-order valence-corrected chi connectivity index (χ2v) is 10.6. The van der Waals surface area contributed by atoms with E-state index in [0.29, 0.717) is 31.5 Å². The topological polar surface area (TPSA) is 122 Å². The maximum absolute atomic E-state index is 12.8. The molecule has 5 N–H and O–H groups in total. The first-order valence-corrected chi connectivity index (χ1v) is 15.3. The Morgan fingerprint density at radius 3 is 2.19 bits per heavy atom. The summed E-state index contributed by atoms with van der Waals surface area (Å²) in [6, 6.07) is -0.0758. The first-order chi connectivity index (χ1) is 19.7. The maximum atomic E-state index is 12.8. The second kappa shape index (κ2) is 19.6. The Morgan fingerprint density at radius 1 is 1.07 bits per heavy atom. The highest BCUT2D eigenvalue weighted by Gasteiger charge is 2.29. The van der Waals surface area contributed by atoms with E-state index >= 15 is 0 Å². The molecule has 2 heterocycles. The van der Waals surface area contributed by atoms with Gasteiger partial charge in [-0.3, -0.25) is 4.99 Å². The minimum atomic E-state index is -4.41. The van der Waals surface area contributed by atoms with Crippen molar-refractivity contribution in [1.29, 1.82) is 0 Å². The fourth-order valence-electron chi connectivity index (χ4n) is 3.75. The van der Waals surface area contributed by atoms with Gasteiger partial charge in [-0.1, -0.05) is 52.8 Å². The number of halogens is 3. The number of nitrogens with one attached hydrogen (secondary N) is 2. The monoisotopic (exact) mass is 617 g/mol. The summed E-state index contributed by atoms with van der Waals surface area (Å²) in [6.07, 6.45) is 5.94. The van der Waals surface area contributed by atoms with E-state index in [0.717, 1.165) is 33.3 Å². The van der Waals surface area contributed by atoms with Gasteiger partial charge in [-0.15, -0.1) is 11.3 Å². The number of nitrogens with zero attached hydrogens (tertiary/aromatic N) is 3. The van der Waals surface area contributed by atoms with Crippen molar-refractivity contribution in [2.24, 2.45) is 9.98 Å². The second-order valence-electron chi connectivity index (χ2n) is 9.56. The van der Waals surface area contributed by atoms with Crippen molar-refractivity contribution in [3.05, 3.63) is 39.5 Å². The van der Waals surface area contributed by atoms with Gasteiger partial charge in [-0.05, 0) is 59.5 Å². The summed E-state index contributed by atoms with van der Waals surface area (Å²) < 4.78 is 38.5. The standard InChI is InChI=1S/C23H30F3N5OS.C3H8O2.2C2H6/c1-4-6-7-8-19-14(3)28-21(33-19)17-12-20(29-15-9-10-16(32)11-15)31-22(30-18(17)5-2)27-13-23(24,25)26;1-3(2,4)5;2*1-2/h4,6-8,15-16,32H,5,9-13H2,1-3H3,(H2,27,29,30,31);4-5H,1-2H3;2*1-2H3/b6-4-,8-7-;;;. The predicted octanol–water partition coefficient (Wildman–Crippen LogP) is 6.73. The van der Waals surface area contributed by atoms with Gasteiger partial charge in [0, 0.05) is 17.7 Å². The number of hydrogen-bond donors (Lipinski definition) is 5. The highest BCUT2D eigenvalue weighted by atomic mass is 32.1. The zero-order chi connectivity index (χ0) is 32.5. The first-order valence-electron chi connectivity index (χ1n) is 14.5. The number of aliphatic hydroxyl groups is 3. The first kappa shape index (κ1) is 39.5. The molecule has 1 aliphatic carbocycles. The van der Waals surface area contributed by atoms with E-state index < -0.39 is 24.6 Å². The van der Waals surface area contributed by atoms with Crippen molar-refractivity contribution in [3.8, 4) is 0 Å². The number of thiazole rings is 1. The number of amidine groups is 1. The third-order valence-corrected chi connectivity index (χ3v) is 6.55. The average Bonchev–Trinajstić information content (AvgIpc) is 3.43. The third-order valence-electron chi connectivity index (χ3n) is 5.37. The lowest BCUT2D eigenvalue weighted by Gasteiger charge is -2.13. The molecule has 8 nitrogen and oxygen atoms in total. The third kappa shape index (κ3) is 16.2. The number of allylic oxidation sites excluding steroid dienone is 4. The van der Waals surface area contributed by atoms with Gasteiger partial charge in [0.2, 0.25) is 5.96 Å². The number of guanidine groups is 1. The average molecular weight is 618 g/mol. The van der Waals surface area contributed by atoms with Crippen molar-refractivity contribution >= 4 is 34.8 Å². The lowest BCUT2D eigenvalue weighted by atomic mass is 10.1. The Kier molecular flexibility index (Phi) is 18.4. The summed E-state index contributed by atoms with van der Waals surface area (Å²) >= 11 is 1.54. The van der Waals surface area contributed by atoms with Crippen molar-refractivity contribution in [2.75, 3.05) is 6.54 Å². The molecule has 0 bridgehead atoms. The summed E-state index contributed by atoms with van der Waals surface area (Å²) in [6.45, 7) is 15.1. The zero-order valence-electron chi connectivity index (χ0n) is 26.4. The Bertz CT molecular complexity index is 1080. The van der Waals surface area contributed by atoms with Crippen LogP contribution in [0.1, 0.15) is 103 Å². The summed E-state index contributed by atoms with van der Waals surface area (Å²) in [5.74, 6) is -0.946. The number of aryl methyl sites for hydroxylation is 1. The molecule has 1 saturated carbocycles. The van der Waals surface area contributed by atoms with E-state index in [1.54, 1.807) is 0 Å². The number of aliphatic imine (C=N–C) groups is 2. The summed E-state index contributed by atoms with van der Waals surface area (Å²) in [7, 11) is 0. The van der Waals surface area contributed by atoms with E-state index in [4.69, 9.17) is 20.2 Å². The van der Waals surface area contributed by atoms with Crippen molar-refractivity contribution in [3.63, 3.8) is 0 Å². The predicted molar refractivity (Wildman–Crippen MR) is 169 cm³/mol. The van der Waals surface area contributed by atoms with Crippen LogP contribution in [-0.4, -0.2) is 62.8 Å². The largest absolute Gasteiger partial charge is 0.408 e. The molecule has 2 aliphatic rings. The van der Waals surface area contributed by atoms with E-state index in [2.05, 4.69) is 15.6 Å². The molecule has 0 spiro atoms. The van der Waals surface area contributed by atoms with Crippen LogP contribution in [0.15, 0.2) is 33.9 Å². The highest BCUT2D eigenvalue weighted by Crippen LogP contribution is 2.32. The molecule has 2 atom stereocenters. The van der Waals surface area contributed by atoms with Crippen LogP contribution in [0.5, 0.6) is 0 Å². The molecular formula is C30H50F3N5O3S. The fourth-order valence-corrected chi connectivity index (χ4v) is 4.80. The minimum Gasteiger partial charge on any atom is -0.393 e. The Labute approximate surface area is 253 Å². The van der Waals surface area contributed by atoms with E-state index in [1.165, 1.54) is 25.2 Å². The molecule has 1 aliphatic heterocycles. The smallest absolute Gasteiger partial charge is 0.393 e. The molecule has 3 rings (SSSR count). The van der Waals surface area contributed by atoms with Crippen LogP contribution >= 0.6 is 11.3 Å². The normalized spacial score (nSPS) is 21.2. The van der Waals surface area contributed by atoms with Crippen LogP contribution in [-0.2, 0) is 0 Å². The molecule has 240 valence electrons. The molecular weight excluding hydrogens is 567 g/mol.